The van der Waals surface area contributed by atoms with Gasteiger partial charge in [-0.15, -0.1) is 0 Å². The first-order valence-corrected chi connectivity index (χ1v) is 12.0. The Morgan fingerprint density at radius 3 is 2.62 bits per heavy atom. The molecule has 1 N–H and O–H groups in total. The van der Waals surface area contributed by atoms with Crippen LogP contribution >= 0.6 is 0 Å². The Morgan fingerprint density at radius 1 is 1.03 bits per heavy atom. The van der Waals surface area contributed by atoms with Gasteiger partial charge in [0.05, 0.1) is 6.33 Å². The van der Waals surface area contributed by atoms with Crippen LogP contribution in [0.15, 0.2) is 18.7 Å². The summed E-state index contributed by atoms with van der Waals surface area (Å²) in [5.74, 6) is 1.10. The van der Waals surface area contributed by atoms with E-state index in [2.05, 4.69) is 24.7 Å². The van der Waals surface area contributed by atoms with Crippen LogP contribution in [0.25, 0.3) is 0 Å². The molecule has 6 nitrogen and oxygen atoms in total. The summed E-state index contributed by atoms with van der Waals surface area (Å²) in [6, 6.07) is 1.19. The fraction of sp³-hybridized carbons (Fsp3) is 0.826. The number of nitrogens with zero attached hydrogens (tertiary/aromatic N) is 4. The number of aromatic nitrogens is 2. The summed E-state index contributed by atoms with van der Waals surface area (Å²) in [4.78, 5) is 22.7. The van der Waals surface area contributed by atoms with Crippen molar-refractivity contribution < 1.29 is 4.79 Å². The zero-order chi connectivity index (χ0) is 19.7. The topological polar surface area (TPSA) is 53.4 Å². The van der Waals surface area contributed by atoms with Crippen LogP contribution in [0.5, 0.6) is 0 Å². The molecule has 1 aromatic rings. The van der Waals surface area contributed by atoms with Gasteiger partial charge in [0.2, 0.25) is 5.91 Å². The number of imidazole rings is 1. The minimum atomic E-state index is -0.217. The Hall–Kier alpha value is -1.40. The molecule has 1 aromatic heterocycles. The number of amides is 1. The van der Waals surface area contributed by atoms with Crippen LogP contribution in [0.4, 0.5) is 0 Å². The third-order valence-electron chi connectivity index (χ3n) is 8.05. The Bertz CT molecular complexity index is 677. The summed E-state index contributed by atoms with van der Waals surface area (Å²) >= 11 is 0. The van der Waals surface area contributed by atoms with Crippen LogP contribution in [0.1, 0.15) is 64.2 Å². The molecule has 0 bridgehead atoms. The standard InChI is InChI=1S/C23H37N5O/c29-22(27-12-7-19(8-13-27)16-26-14-10-24-18-26)23-9-3-4-11-28(23)17-21(15-23)25-20-5-1-2-6-20/h10,14,18-21,25H,1-9,11-13,15-17H2/t21-,23+/m0/s1. The minimum absolute atomic E-state index is 0.217. The molecule has 3 saturated heterocycles. The molecule has 4 heterocycles. The Kier molecular flexibility index (Phi) is 5.65. The van der Waals surface area contributed by atoms with Gasteiger partial charge in [-0.05, 0) is 63.8 Å². The smallest absolute Gasteiger partial charge is 0.243 e. The zero-order valence-electron chi connectivity index (χ0n) is 17.8. The number of carbonyl (C=O) groups is 1. The van der Waals surface area contributed by atoms with Gasteiger partial charge in [-0.3, -0.25) is 9.69 Å². The van der Waals surface area contributed by atoms with Crippen LogP contribution in [-0.2, 0) is 11.3 Å². The highest BCUT2D eigenvalue weighted by Crippen LogP contribution is 2.40. The molecule has 3 aliphatic heterocycles. The molecule has 0 radical (unpaired) electrons. The summed E-state index contributed by atoms with van der Waals surface area (Å²) in [6.45, 7) is 5.06. The molecule has 4 fully saturated rings. The van der Waals surface area contributed by atoms with Crippen LogP contribution < -0.4 is 5.32 Å². The first-order chi connectivity index (χ1) is 14.2. The van der Waals surface area contributed by atoms with Crippen molar-refractivity contribution in [2.75, 3.05) is 26.2 Å². The molecule has 5 rings (SSSR count). The second kappa shape index (κ2) is 8.38. The molecule has 0 unspecified atom stereocenters. The molecule has 4 aliphatic rings. The summed E-state index contributed by atoms with van der Waals surface area (Å²) < 4.78 is 2.18. The maximum absolute atomic E-state index is 13.8. The van der Waals surface area contributed by atoms with Crippen LogP contribution in [0.3, 0.4) is 0 Å². The van der Waals surface area contributed by atoms with Gasteiger partial charge in [0.25, 0.3) is 0 Å². The number of piperidine rings is 2. The lowest BCUT2D eigenvalue weighted by Crippen LogP contribution is -2.59. The average molecular weight is 400 g/mol. The van der Waals surface area contributed by atoms with E-state index in [-0.39, 0.29) is 5.54 Å². The van der Waals surface area contributed by atoms with Gasteiger partial charge in [0.15, 0.2) is 0 Å². The summed E-state index contributed by atoms with van der Waals surface area (Å²) in [7, 11) is 0. The molecule has 0 spiro atoms. The van der Waals surface area contributed by atoms with Crippen molar-refractivity contribution in [2.24, 2.45) is 5.92 Å². The van der Waals surface area contributed by atoms with Crippen LogP contribution in [0, 0.1) is 5.92 Å². The first kappa shape index (κ1) is 19.6. The van der Waals surface area contributed by atoms with Crippen molar-refractivity contribution in [1.82, 2.24) is 24.7 Å². The Balaban J connectivity index is 1.21. The quantitative estimate of drug-likeness (QED) is 0.827. The highest BCUT2D eigenvalue weighted by Gasteiger charge is 2.53. The summed E-state index contributed by atoms with van der Waals surface area (Å²) in [6.07, 6.45) is 18.0. The molecular weight excluding hydrogens is 362 g/mol. The number of hydrogen-bond donors (Lipinski definition) is 1. The predicted molar refractivity (Wildman–Crippen MR) is 113 cm³/mol. The fourth-order valence-electron chi connectivity index (χ4n) is 6.50. The maximum Gasteiger partial charge on any atom is 0.243 e. The lowest BCUT2D eigenvalue weighted by atomic mass is 9.83. The van der Waals surface area contributed by atoms with E-state index in [1.807, 2.05) is 18.7 Å². The largest absolute Gasteiger partial charge is 0.341 e. The molecular formula is C23H37N5O. The van der Waals surface area contributed by atoms with E-state index >= 15 is 0 Å². The van der Waals surface area contributed by atoms with E-state index in [1.165, 1.54) is 38.5 Å². The Morgan fingerprint density at radius 2 is 1.86 bits per heavy atom. The first-order valence-electron chi connectivity index (χ1n) is 12.0. The van der Waals surface area contributed by atoms with Gasteiger partial charge in [0, 0.05) is 50.7 Å². The van der Waals surface area contributed by atoms with Crippen molar-refractivity contribution >= 4 is 5.91 Å². The second-order valence-corrected chi connectivity index (χ2v) is 9.98. The molecule has 2 atom stereocenters. The molecule has 1 saturated carbocycles. The number of nitrogens with one attached hydrogen (secondary N) is 1. The van der Waals surface area contributed by atoms with Crippen LogP contribution in [0.2, 0.25) is 0 Å². The third kappa shape index (κ3) is 3.98. The molecule has 1 amide bonds. The highest BCUT2D eigenvalue weighted by molar-refractivity contribution is 5.87. The van der Waals surface area contributed by atoms with E-state index in [0.717, 1.165) is 58.4 Å². The third-order valence-corrected chi connectivity index (χ3v) is 8.05. The lowest BCUT2D eigenvalue weighted by molar-refractivity contribution is -0.146. The normalized spacial score (nSPS) is 32.0. The Labute approximate surface area is 175 Å². The lowest BCUT2D eigenvalue weighted by Gasteiger charge is -2.45. The van der Waals surface area contributed by atoms with Gasteiger partial charge in [0.1, 0.15) is 5.54 Å². The molecule has 29 heavy (non-hydrogen) atoms. The number of fused-ring (bicyclic) bond motifs is 1. The highest BCUT2D eigenvalue weighted by atomic mass is 16.2. The number of hydrogen-bond acceptors (Lipinski definition) is 4. The van der Waals surface area contributed by atoms with E-state index in [9.17, 15) is 4.79 Å². The molecule has 0 aromatic carbocycles. The van der Waals surface area contributed by atoms with Crippen molar-refractivity contribution in [3.63, 3.8) is 0 Å². The maximum atomic E-state index is 13.8. The van der Waals surface area contributed by atoms with Crippen molar-refractivity contribution in [3.05, 3.63) is 18.7 Å². The van der Waals surface area contributed by atoms with Gasteiger partial charge < -0.3 is 14.8 Å². The van der Waals surface area contributed by atoms with Crippen molar-refractivity contribution in [2.45, 2.75) is 88.4 Å². The van der Waals surface area contributed by atoms with Gasteiger partial charge >= 0.3 is 0 Å². The van der Waals surface area contributed by atoms with Crippen LogP contribution in [-0.4, -0.2) is 69.1 Å². The van der Waals surface area contributed by atoms with Gasteiger partial charge in [-0.2, -0.15) is 0 Å². The summed E-state index contributed by atoms with van der Waals surface area (Å²) in [5, 5.41) is 3.93. The van der Waals surface area contributed by atoms with Gasteiger partial charge in [-0.25, -0.2) is 4.98 Å². The number of carbonyl (C=O) groups excluding carboxylic acids is 1. The number of rotatable bonds is 5. The van der Waals surface area contributed by atoms with E-state index < -0.39 is 0 Å². The minimum Gasteiger partial charge on any atom is -0.341 e. The van der Waals surface area contributed by atoms with Crippen molar-refractivity contribution in [1.29, 1.82) is 0 Å². The second-order valence-electron chi connectivity index (χ2n) is 9.98. The summed E-state index contributed by atoms with van der Waals surface area (Å²) in [5.41, 5.74) is -0.217. The van der Waals surface area contributed by atoms with E-state index in [1.54, 1.807) is 0 Å². The van der Waals surface area contributed by atoms with Crippen molar-refractivity contribution in [3.8, 4) is 0 Å². The molecule has 1 aliphatic carbocycles. The number of likely N-dealkylation sites (tertiary alicyclic amines) is 1. The van der Waals surface area contributed by atoms with E-state index in [0.29, 0.717) is 23.9 Å². The van der Waals surface area contributed by atoms with E-state index in [4.69, 9.17) is 0 Å². The van der Waals surface area contributed by atoms with Gasteiger partial charge in [-0.1, -0.05) is 12.8 Å². The molecule has 160 valence electrons. The fourth-order valence-corrected chi connectivity index (χ4v) is 6.50. The average Bonchev–Trinajstić information content (AvgIpc) is 3.49. The predicted octanol–water partition coefficient (Wildman–Crippen LogP) is 2.65. The monoisotopic (exact) mass is 399 g/mol. The zero-order valence-corrected chi connectivity index (χ0v) is 17.8. The molecule has 6 heteroatoms. The SMILES string of the molecule is O=C(N1CCC(Cn2ccnc2)CC1)[C@]12CCCCN1C[C@@H](NC1CCCC1)C2.